The molecule has 1 aliphatic carbocycles. The first-order chi connectivity index (χ1) is 20.6. The molecule has 6 heteroatoms. The fourth-order valence-corrected chi connectivity index (χ4v) is 9.62. The Morgan fingerprint density at radius 3 is 2.71 bits per heavy atom. The van der Waals surface area contributed by atoms with Crippen LogP contribution in [0.5, 0.6) is 5.75 Å². The number of allylic oxidation sites excluding steroid dienone is 4. The summed E-state index contributed by atoms with van der Waals surface area (Å²) in [7, 11) is 0. The van der Waals surface area contributed by atoms with Crippen LogP contribution in [0, 0.1) is 11.3 Å². The van der Waals surface area contributed by atoms with Crippen LogP contribution in [0.4, 0.5) is 0 Å². The summed E-state index contributed by atoms with van der Waals surface area (Å²) in [5, 5.41) is 25.4. The normalized spacial score (nSPS) is 37.0. The number of aliphatic hydroxyl groups is 1. The first kappa shape index (κ1) is 26.7. The number of H-pyrrole nitrogens is 1. The van der Waals surface area contributed by atoms with Gasteiger partial charge in [0.15, 0.2) is 0 Å². The molecule has 3 aromatic rings. The number of phenolic OH excluding ortho intramolecular Hbond substituents is 1. The van der Waals surface area contributed by atoms with Gasteiger partial charge in [0.25, 0.3) is 0 Å². The summed E-state index contributed by atoms with van der Waals surface area (Å²) in [4.78, 5) is 14.2. The zero-order valence-electron chi connectivity index (χ0n) is 24.6. The predicted molar refractivity (Wildman–Crippen MR) is 169 cm³/mol. The molecule has 1 aromatic carbocycles. The monoisotopic (exact) mass is 564 g/mol. The number of piperidine rings is 1. The van der Waals surface area contributed by atoms with Crippen molar-refractivity contribution in [2.75, 3.05) is 26.2 Å². The number of aromatic amines is 1. The minimum absolute atomic E-state index is 0.0394. The number of aromatic nitrogens is 2. The summed E-state index contributed by atoms with van der Waals surface area (Å²) >= 11 is 0. The van der Waals surface area contributed by atoms with E-state index < -0.39 is 5.60 Å². The van der Waals surface area contributed by atoms with Crippen molar-refractivity contribution >= 4 is 27.4 Å². The van der Waals surface area contributed by atoms with Crippen molar-refractivity contribution in [3.8, 4) is 5.75 Å². The first-order valence-electron chi connectivity index (χ1n) is 16.4. The van der Waals surface area contributed by atoms with E-state index in [2.05, 4.69) is 51.2 Å². The van der Waals surface area contributed by atoms with Gasteiger partial charge >= 0.3 is 0 Å². The van der Waals surface area contributed by atoms with Crippen LogP contribution in [0.1, 0.15) is 69.9 Å². The van der Waals surface area contributed by atoms with E-state index in [-0.39, 0.29) is 17.2 Å². The Kier molecular flexibility index (Phi) is 6.58. The van der Waals surface area contributed by atoms with Gasteiger partial charge in [0.2, 0.25) is 0 Å². The zero-order valence-corrected chi connectivity index (χ0v) is 24.6. The number of pyridine rings is 1. The quantitative estimate of drug-likeness (QED) is 0.292. The fraction of sp³-hybridized carbons (Fsp3) is 0.528. The van der Waals surface area contributed by atoms with Crippen LogP contribution in [0.2, 0.25) is 0 Å². The number of nitrogens with one attached hydrogen (secondary N) is 1. The number of hydrogen-bond donors (Lipinski definition) is 3. The van der Waals surface area contributed by atoms with Crippen LogP contribution in [0.15, 0.2) is 60.8 Å². The maximum Gasteiger partial charge on any atom is 0.116 e. The van der Waals surface area contributed by atoms with E-state index >= 15 is 0 Å². The van der Waals surface area contributed by atoms with Gasteiger partial charge in [0, 0.05) is 40.5 Å². The lowest BCUT2D eigenvalue weighted by molar-refractivity contribution is -0.0894. The number of aromatic hydroxyl groups is 1. The van der Waals surface area contributed by atoms with Crippen molar-refractivity contribution in [3.63, 3.8) is 0 Å². The summed E-state index contributed by atoms with van der Waals surface area (Å²) in [6, 6.07) is 8.08. The van der Waals surface area contributed by atoms with Gasteiger partial charge in [-0.2, -0.15) is 0 Å². The first-order valence-corrected chi connectivity index (χ1v) is 16.4. The molecule has 1 spiro atoms. The molecular weight excluding hydrogens is 520 g/mol. The minimum atomic E-state index is -0.941. The molecule has 220 valence electrons. The van der Waals surface area contributed by atoms with Gasteiger partial charge in [0.05, 0.1) is 22.9 Å². The SMILES string of the molecule is Oc1ccc2[nH]c3c(C4=C[C@@]5(O)CC/C=C/CCCCN6CC[C@@H]4[C@]4(C[C@@H]7/C=C\CCCCN7[C@H]45)C6)nccc3c2c1. The standard InChI is InChI=1S/C36H44N4O2/c41-26-12-13-31-28(21-26)27-14-17-37-32(33(27)38-31)29-23-36(42)16-8-4-1-2-5-9-18-39-20-15-30(29)35(24-39)22-25-11-7-3-6-10-19-40(25)34(35)36/h1,4,7,11-14,17,21,23,25,30,34,38,41-42H,2-3,5-6,8-10,15-16,18-20,22,24H2/b4-1+,11-7-/t25-,30-,34+,35-,36-/m0/s1. The average Bonchev–Trinajstić information content (AvgIpc) is 3.48. The Bertz CT molecular complexity index is 1590. The Hall–Kier alpha value is -2.93. The Morgan fingerprint density at radius 1 is 0.929 bits per heavy atom. The van der Waals surface area contributed by atoms with Gasteiger partial charge in [-0.1, -0.05) is 24.3 Å². The van der Waals surface area contributed by atoms with Crippen LogP contribution in [0.25, 0.3) is 27.4 Å². The molecule has 0 saturated carbocycles. The largest absolute Gasteiger partial charge is 0.508 e. The summed E-state index contributed by atoms with van der Waals surface area (Å²) in [5.41, 5.74) is 3.25. The number of fused-ring (bicyclic) bond motifs is 5. The molecule has 2 fully saturated rings. The van der Waals surface area contributed by atoms with Gasteiger partial charge in [-0.15, -0.1) is 0 Å². The maximum absolute atomic E-state index is 13.1. The number of phenols is 1. The zero-order chi connectivity index (χ0) is 28.3. The molecule has 6 nitrogen and oxygen atoms in total. The molecule has 0 radical (unpaired) electrons. The van der Waals surface area contributed by atoms with Gasteiger partial charge in [-0.25, -0.2) is 0 Å². The van der Waals surface area contributed by atoms with Gasteiger partial charge in [-0.05, 0) is 126 Å². The average molecular weight is 565 g/mol. The van der Waals surface area contributed by atoms with Gasteiger partial charge < -0.3 is 20.1 Å². The summed E-state index contributed by atoms with van der Waals surface area (Å²) in [6.45, 7) is 4.36. The molecular formula is C36H44N4O2. The smallest absolute Gasteiger partial charge is 0.116 e. The summed E-state index contributed by atoms with van der Waals surface area (Å²) in [6.07, 6.45) is 24.7. The van der Waals surface area contributed by atoms with E-state index in [4.69, 9.17) is 4.98 Å². The Balaban J connectivity index is 1.35. The molecule has 2 aromatic heterocycles. The number of rotatable bonds is 1. The molecule has 1 unspecified atom stereocenters. The highest BCUT2D eigenvalue weighted by Gasteiger charge is 2.65. The third-order valence-corrected chi connectivity index (χ3v) is 11.2. The molecule has 4 aliphatic heterocycles. The molecule has 8 rings (SSSR count). The number of nitrogens with zero attached hydrogens (tertiary/aromatic N) is 3. The maximum atomic E-state index is 13.1. The molecule has 5 aliphatic rings. The van der Waals surface area contributed by atoms with E-state index in [1.54, 1.807) is 6.07 Å². The van der Waals surface area contributed by atoms with Crippen LogP contribution < -0.4 is 0 Å². The van der Waals surface area contributed by atoms with Crippen LogP contribution >= 0.6 is 0 Å². The van der Waals surface area contributed by atoms with E-state index in [0.29, 0.717) is 12.0 Å². The topological polar surface area (TPSA) is 75.6 Å². The highest BCUT2D eigenvalue weighted by Crippen LogP contribution is 2.61. The third kappa shape index (κ3) is 4.21. The second-order valence-corrected chi connectivity index (χ2v) is 13.7. The molecule has 3 N–H and O–H groups in total. The minimum Gasteiger partial charge on any atom is -0.508 e. The van der Waals surface area contributed by atoms with Crippen LogP contribution in [0.3, 0.4) is 0 Å². The number of hydrogen-bond acceptors (Lipinski definition) is 5. The van der Waals surface area contributed by atoms with Gasteiger partial charge in [0.1, 0.15) is 5.75 Å². The highest BCUT2D eigenvalue weighted by molar-refractivity contribution is 6.10. The molecule has 0 amide bonds. The third-order valence-electron chi connectivity index (χ3n) is 11.2. The van der Waals surface area contributed by atoms with Crippen LogP contribution in [-0.2, 0) is 0 Å². The fourth-order valence-electron chi connectivity index (χ4n) is 9.62. The predicted octanol–water partition coefficient (Wildman–Crippen LogP) is 6.56. The lowest BCUT2D eigenvalue weighted by Crippen LogP contribution is -2.65. The number of benzene rings is 1. The van der Waals surface area contributed by atoms with Crippen molar-refractivity contribution in [2.45, 2.75) is 81.9 Å². The second-order valence-electron chi connectivity index (χ2n) is 13.7. The van der Waals surface area contributed by atoms with Crippen molar-refractivity contribution in [1.82, 2.24) is 19.8 Å². The molecule has 6 atom stereocenters. The van der Waals surface area contributed by atoms with E-state index in [0.717, 1.165) is 92.2 Å². The molecule has 2 saturated heterocycles. The lowest BCUT2D eigenvalue weighted by Gasteiger charge is -2.58. The summed E-state index contributed by atoms with van der Waals surface area (Å²) < 4.78 is 0. The van der Waals surface area contributed by atoms with E-state index in [1.807, 2.05) is 18.3 Å². The highest BCUT2D eigenvalue weighted by atomic mass is 16.3. The molecule has 42 heavy (non-hydrogen) atoms. The Labute approximate surface area is 248 Å². The van der Waals surface area contributed by atoms with E-state index in [9.17, 15) is 10.2 Å². The van der Waals surface area contributed by atoms with E-state index in [1.165, 1.54) is 31.3 Å². The van der Waals surface area contributed by atoms with Gasteiger partial charge in [-0.3, -0.25) is 9.88 Å². The van der Waals surface area contributed by atoms with Crippen molar-refractivity contribution < 1.29 is 10.2 Å². The second kappa shape index (κ2) is 10.4. The molecule has 6 heterocycles. The van der Waals surface area contributed by atoms with Crippen molar-refractivity contribution in [3.05, 3.63) is 66.5 Å². The lowest BCUT2D eigenvalue weighted by atomic mass is 9.54. The summed E-state index contributed by atoms with van der Waals surface area (Å²) in [5.74, 6) is 0.606. The van der Waals surface area contributed by atoms with Crippen molar-refractivity contribution in [2.24, 2.45) is 11.3 Å². The molecule has 3 bridgehead atoms. The van der Waals surface area contributed by atoms with Crippen LogP contribution in [-0.4, -0.2) is 73.8 Å². The van der Waals surface area contributed by atoms with Crippen molar-refractivity contribution in [1.29, 1.82) is 0 Å². The Morgan fingerprint density at radius 2 is 1.79 bits per heavy atom.